The summed E-state index contributed by atoms with van der Waals surface area (Å²) >= 11 is 0. The van der Waals surface area contributed by atoms with Gasteiger partial charge in [-0.25, -0.2) is 4.79 Å². The second kappa shape index (κ2) is 8.42. The van der Waals surface area contributed by atoms with Crippen LogP contribution >= 0.6 is 0 Å². The minimum Gasteiger partial charge on any atom is -0.496 e. The maximum Gasteiger partial charge on any atom is 0.409 e. The lowest BCUT2D eigenvalue weighted by atomic mass is 10.0. The Kier molecular flexibility index (Phi) is 6.28. The third-order valence-corrected chi connectivity index (χ3v) is 4.01. The van der Waals surface area contributed by atoms with Crippen molar-refractivity contribution in [3.8, 4) is 11.5 Å². The molecule has 0 radical (unpaired) electrons. The van der Waals surface area contributed by atoms with E-state index in [4.69, 9.17) is 14.2 Å². The average Bonchev–Trinajstić information content (AvgIpc) is 2.61. The summed E-state index contributed by atoms with van der Waals surface area (Å²) < 4.78 is 15.5. The lowest BCUT2D eigenvalue weighted by Crippen LogP contribution is -2.46. The second-order valence-electron chi connectivity index (χ2n) is 5.47. The Morgan fingerprint density at radius 2 is 1.75 bits per heavy atom. The summed E-state index contributed by atoms with van der Waals surface area (Å²) in [5.74, 6) is 0.700. The molecule has 1 saturated heterocycles. The summed E-state index contributed by atoms with van der Waals surface area (Å²) in [6.45, 7) is 3.27. The number of carbonyl (C=O) groups excluding carboxylic acids is 2. The molecule has 0 aliphatic carbocycles. The largest absolute Gasteiger partial charge is 0.496 e. The van der Waals surface area contributed by atoms with Crippen LogP contribution in [0.5, 0.6) is 11.5 Å². The molecule has 7 nitrogen and oxygen atoms in total. The molecule has 2 rings (SSSR count). The number of likely N-dealkylation sites (tertiary alicyclic amines) is 1. The molecular weight excluding hydrogens is 312 g/mol. The predicted octanol–water partition coefficient (Wildman–Crippen LogP) is 2.05. The van der Waals surface area contributed by atoms with Gasteiger partial charge in [-0.15, -0.1) is 0 Å². The first-order valence-corrected chi connectivity index (χ1v) is 8.04. The smallest absolute Gasteiger partial charge is 0.409 e. The van der Waals surface area contributed by atoms with Gasteiger partial charge >= 0.3 is 6.09 Å². The fourth-order valence-electron chi connectivity index (χ4n) is 2.75. The Labute approximate surface area is 141 Å². The van der Waals surface area contributed by atoms with Crippen molar-refractivity contribution >= 4 is 12.0 Å². The Morgan fingerprint density at radius 1 is 1.17 bits per heavy atom. The molecule has 0 atom stereocenters. The van der Waals surface area contributed by atoms with E-state index in [9.17, 15) is 9.59 Å². The zero-order valence-electron chi connectivity index (χ0n) is 14.3. The number of nitrogens with zero attached hydrogens (tertiary/aromatic N) is 1. The quantitative estimate of drug-likeness (QED) is 0.890. The van der Waals surface area contributed by atoms with E-state index >= 15 is 0 Å². The molecule has 1 aliphatic rings. The molecule has 0 aromatic heterocycles. The van der Waals surface area contributed by atoms with Crippen LogP contribution in [0.25, 0.3) is 0 Å². The van der Waals surface area contributed by atoms with Crippen molar-refractivity contribution in [2.75, 3.05) is 33.9 Å². The van der Waals surface area contributed by atoms with Crippen LogP contribution in [0.15, 0.2) is 18.2 Å². The van der Waals surface area contributed by atoms with Crippen molar-refractivity contribution in [1.29, 1.82) is 0 Å². The van der Waals surface area contributed by atoms with Crippen LogP contribution in [0.1, 0.15) is 30.1 Å². The molecule has 132 valence electrons. The lowest BCUT2D eigenvalue weighted by molar-refractivity contribution is 0.0856. The number of nitrogens with one attached hydrogen (secondary N) is 1. The molecule has 7 heteroatoms. The molecule has 1 aromatic carbocycles. The van der Waals surface area contributed by atoms with Crippen molar-refractivity contribution in [3.63, 3.8) is 0 Å². The highest BCUT2D eigenvalue weighted by atomic mass is 16.6. The normalized spacial score (nSPS) is 14.9. The molecule has 1 aromatic rings. The maximum absolute atomic E-state index is 12.6. The summed E-state index contributed by atoms with van der Waals surface area (Å²) in [4.78, 5) is 26.0. The van der Waals surface area contributed by atoms with Gasteiger partial charge < -0.3 is 24.4 Å². The first-order chi connectivity index (χ1) is 11.6. The van der Waals surface area contributed by atoms with Crippen LogP contribution in [0.4, 0.5) is 4.79 Å². The van der Waals surface area contributed by atoms with Crippen molar-refractivity contribution in [2.24, 2.45) is 0 Å². The SMILES string of the molecule is CCOC(=O)N1CCC(NC(=O)c2c(OC)cccc2OC)CC1. The minimum absolute atomic E-state index is 0.00204. The average molecular weight is 336 g/mol. The van der Waals surface area contributed by atoms with E-state index in [0.29, 0.717) is 49.6 Å². The van der Waals surface area contributed by atoms with E-state index < -0.39 is 0 Å². The van der Waals surface area contributed by atoms with Gasteiger partial charge in [0.05, 0.1) is 20.8 Å². The molecule has 0 unspecified atom stereocenters. The van der Waals surface area contributed by atoms with E-state index in [1.165, 1.54) is 14.2 Å². The van der Waals surface area contributed by atoms with E-state index in [-0.39, 0.29) is 18.0 Å². The number of amides is 2. The monoisotopic (exact) mass is 336 g/mol. The fourth-order valence-corrected chi connectivity index (χ4v) is 2.75. The first kappa shape index (κ1) is 17.9. The van der Waals surface area contributed by atoms with Crippen molar-refractivity contribution in [1.82, 2.24) is 10.2 Å². The summed E-state index contributed by atoms with van der Waals surface area (Å²) in [5.41, 5.74) is 0.385. The molecule has 1 aliphatic heterocycles. The molecule has 0 spiro atoms. The third-order valence-electron chi connectivity index (χ3n) is 4.01. The summed E-state index contributed by atoms with van der Waals surface area (Å²) in [6.07, 6.45) is 1.07. The number of rotatable bonds is 5. The highest BCUT2D eigenvalue weighted by Gasteiger charge is 2.26. The van der Waals surface area contributed by atoms with Crippen LogP contribution in [-0.4, -0.2) is 56.9 Å². The van der Waals surface area contributed by atoms with Gasteiger partial charge in [-0.05, 0) is 31.9 Å². The summed E-state index contributed by atoms with van der Waals surface area (Å²) in [6, 6.07) is 5.21. The number of hydrogen-bond acceptors (Lipinski definition) is 5. The topological polar surface area (TPSA) is 77.1 Å². The van der Waals surface area contributed by atoms with E-state index in [2.05, 4.69) is 5.32 Å². The van der Waals surface area contributed by atoms with E-state index in [1.807, 2.05) is 0 Å². The molecule has 2 amide bonds. The molecule has 24 heavy (non-hydrogen) atoms. The van der Waals surface area contributed by atoms with Crippen molar-refractivity contribution in [3.05, 3.63) is 23.8 Å². The molecule has 1 heterocycles. The van der Waals surface area contributed by atoms with Gasteiger partial charge in [-0.1, -0.05) is 6.07 Å². The van der Waals surface area contributed by atoms with Gasteiger partial charge in [0.25, 0.3) is 5.91 Å². The molecular formula is C17H24N2O5. The Hall–Kier alpha value is -2.44. The fraction of sp³-hybridized carbons (Fsp3) is 0.529. The Balaban J connectivity index is 1.98. The van der Waals surface area contributed by atoms with Gasteiger partial charge in [-0.3, -0.25) is 4.79 Å². The van der Waals surface area contributed by atoms with E-state index in [0.717, 1.165) is 0 Å². The standard InChI is InChI=1S/C17H24N2O5/c1-4-24-17(21)19-10-8-12(9-11-19)18-16(20)15-13(22-2)6-5-7-14(15)23-3/h5-7,12H,4,8-11H2,1-3H3,(H,18,20). The molecule has 0 bridgehead atoms. The number of ether oxygens (including phenoxy) is 3. The Morgan fingerprint density at radius 3 is 2.25 bits per heavy atom. The minimum atomic E-state index is -0.298. The zero-order chi connectivity index (χ0) is 17.5. The number of benzene rings is 1. The summed E-state index contributed by atoms with van der Waals surface area (Å²) in [5, 5.41) is 3.00. The van der Waals surface area contributed by atoms with Crippen LogP contribution < -0.4 is 14.8 Å². The number of methoxy groups -OCH3 is 2. The Bertz CT molecular complexity index is 560. The van der Waals surface area contributed by atoms with Crippen LogP contribution in [0.3, 0.4) is 0 Å². The van der Waals surface area contributed by atoms with E-state index in [1.54, 1.807) is 30.0 Å². The number of piperidine rings is 1. The van der Waals surface area contributed by atoms with Gasteiger partial charge in [-0.2, -0.15) is 0 Å². The van der Waals surface area contributed by atoms with Crippen LogP contribution in [0, 0.1) is 0 Å². The molecule has 1 N–H and O–H groups in total. The van der Waals surface area contributed by atoms with Crippen LogP contribution in [0.2, 0.25) is 0 Å². The molecule has 1 fully saturated rings. The van der Waals surface area contributed by atoms with Crippen molar-refractivity contribution in [2.45, 2.75) is 25.8 Å². The summed E-state index contributed by atoms with van der Waals surface area (Å²) in [7, 11) is 3.03. The third kappa shape index (κ3) is 4.10. The highest BCUT2D eigenvalue weighted by Crippen LogP contribution is 2.28. The van der Waals surface area contributed by atoms with Gasteiger partial charge in [0.1, 0.15) is 17.1 Å². The van der Waals surface area contributed by atoms with Gasteiger partial charge in [0.15, 0.2) is 0 Å². The number of hydrogen-bond donors (Lipinski definition) is 1. The van der Waals surface area contributed by atoms with Crippen molar-refractivity contribution < 1.29 is 23.8 Å². The maximum atomic E-state index is 12.6. The molecule has 0 saturated carbocycles. The highest BCUT2D eigenvalue weighted by molar-refractivity contribution is 5.99. The van der Waals surface area contributed by atoms with Crippen LogP contribution in [-0.2, 0) is 4.74 Å². The van der Waals surface area contributed by atoms with Gasteiger partial charge in [0, 0.05) is 19.1 Å². The first-order valence-electron chi connectivity index (χ1n) is 8.04. The zero-order valence-corrected chi connectivity index (χ0v) is 14.3. The van der Waals surface area contributed by atoms with Gasteiger partial charge in [0.2, 0.25) is 0 Å². The number of carbonyl (C=O) groups is 2. The second-order valence-corrected chi connectivity index (χ2v) is 5.47. The lowest BCUT2D eigenvalue weighted by Gasteiger charge is -2.31. The predicted molar refractivity (Wildman–Crippen MR) is 88.6 cm³/mol.